The van der Waals surface area contributed by atoms with Gasteiger partial charge in [0.1, 0.15) is 12.3 Å². The Hall–Kier alpha value is -3.76. The topological polar surface area (TPSA) is 112 Å². The second-order valence-electron chi connectivity index (χ2n) is 6.78. The summed E-state index contributed by atoms with van der Waals surface area (Å²) in [6.07, 6.45) is 0. The summed E-state index contributed by atoms with van der Waals surface area (Å²) in [5.41, 5.74) is 0.868. The van der Waals surface area contributed by atoms with E-state index in [0.717, 1.165) is 16.5 Å². The highest BCUT2D eigenvalue weighted by atomic mass is 32.2. The van der Waals surface area contributed by atoms with Gasteiger partial charge in [0.2, 0.25) is 5.91 Å². The zero-order valence-electron chi connectivity index (χ0n) is 17.1. The fourth-order valence-corrected chi connectivity index (χ4v) is 4.08. The van der Waals surface area contributed by atoms with Crippen LogP contribution in [-0.4, -0.2) is 38.5 Å². The number of benzene rings is 3. The SMILES string of the molecule is COCc1nnc(SCC(=O)Nc2ccccc2[N+](=O)[O-])n1-c1cccc2ccccc12. The number of para-hydroxylation sites is 2. The molecular formula is C22H19N5O4S. The number of nitro benzene ring substituents is 1. The molecule has 0 aliphatic rings. The van der Waals surface area contributed by atoms with Gasteiger partial charge in [-0.15, -0.1) is 10.2 Å². The van der Waals surface area contributed by atoms with Crippen LogP contribution in [0.2, 0.25) is 0 Å². The molecule has 0 atom stereocenters. The van der Waals surface area contributed by atoms with Crippen molar-refractivity contribution in [2.75, 3.05) is 18.2 Å². The molecule has 0 radical (unpaired) electrons. The molecule has 1 aromatic heterocycles. The monoisotopic (exact) mass is 449 g/mol. The maximum absolute atomic E-state index is 12.5. The minimum atomic E-state index is -0.531. The number of carbonyl (C=O) groups excluding carboxylic acids is 1. The third-order valence-corrected chi connectivity index (χ3v) is 5.62. The summed E-state index contributed by atoms with van der Waals surface area (Å²) >= 11 is 1.19. The van der Waals surface area contributed by atoms with E-state index in [1.54, 1.807) is 19.2 Å². The lowest BCUT2D eigenvalue weighted by Crippen LogP contribution is -2.15. The van der Waals surface area contributed by atoms with Crippen molar-refractivity contribution < 1.29 is 14.5 Å². The molecule has 162 valence electrons. The molecule has 9 nitrogen and oxygen atoms in total. The number of rotatable bonds is 8. The van der Waals surface area contributed by atoms with Gasteiger partial charge < -0.3 is 10.1 Å². The molecule has 3 aromatic carbocycles. The van der Waals surface area contributed by atoms with Crippen LogP contribution in [0.1, 0.15) is 5.82 Å². The van der Waals surface area contributed by atoms with Gasteiger partial charge in [-0.1, -0.05) is 60.3 Å². The Labute approximate surface area is 187 Å². The summed E-state index contributed by atoms with van der Waals surface area (Å²) in [5, 5.41) is 24.8. The highest BCUT2D eigenvalue weighted by Crippen LogP contribution is 2.29. The minimum Gasteiger partial charge on any atom is -0.377 e. The lowest BCUT2D eigenvalue weighted by atomic mass is 10.1. The van der Waals surface area contributed by atoms with Crippen LogP contribution in [-0.2, 0) is 16.1 Å². The first-order valence-corrected chi connectivity index (χ1v) is 10.6. The molecule has 4 rings (SSSR count). The molecule has 1 amide bonds. The predicted molar refractivity (Wildman–Crippen MR) is 122 cm³/mol. The van der Waals surface area contributed by atoms with E-state index in [-0.39, 0.29) is 29.6 Å². The maximum Gasteiger partial charge on any atom is 0.292 e. The van der Waals surface area contributed by atoms with Gasteiger partial charge in [0.05, 0.1) is 16.4 Å². The molecule has 0 aliphatic carbocycles. The highest BCUT2D eigenvalue weighted by molar-refractivity contribution is 7.99. The van der Waals surface area contributed by atoms with Gasteiger partial charge in [-0.05, 0) is 17.5 Å². The number of anilines is 1. The van der Waals surface area contributed by atoms with Gasteiger partial charge in [-0.3, -0.25) is 19.5 Å². The Bertz CT molecular complexity index is 1290. The number of carbonyl (C=O) groups is 1. The fourth-order valence-electron chi connectivity index (χ4n) is 3.32. The molecule has 0 saturated carbocycles. The first-order chi connectivity index (χ1) is 15.6. The van der Waals surface area contributed by atoms with E-state index >= 15 is 0 Å². The van der Waals surface area contributed by atoms with Gasteiger partial charge in [0.15, 0.2) is 11.0 Å². The standard InChI is InChI=1S/C22H19N5O4S/c1-31-13-20-24-25-22(26(20)18-12-6-8-15-7-2-3-9-16(15)18)32-14-21(28)23-17-10-4-5-11-19(17)27(29)30/h2-12H,13-14H2,1H3,(H,23,28). The zero-order chi connectivity index (χ0) is 22.5. The zero-order valence-corrected chi connectivity index (χ0v) is 17.9. The molecule has 32 heavy (non-hydrogen) atoms. The second kappa shape index (κ2) is 9.58. The normalized spacial score (nSPS) is 10.9. The number of hydrogen-bond acceptors (Lipinski definition) is 7. The van der Waals surface area contributed by atoms with Crippen molar-refractivity contribution in [3.63, 3.8) is 0 Å². The number of thioether (sulfide) groups is 1. The number of methoxy groups -OCH3 is 1. The third kappa shape index (κ3) is 4.46. The van der Waals surface area contributed by atoms with Crippen molar-refractivity contribution in [2.24, 2.45) is 0 Å². The molecule has 0 bridgehead atoms. The summed E-state index contributed by atoms with van der Waals surface area (Å²) < 4.78 is 7.15. The fraction of sp³-hybridized carbons (Fsp3) is 0.136. The molecular weight excluding hydrogens is 430 g/mol. The third-order valence-electron chi connectivity index (χ3n) is 4.69. The van der Waals surface area contributed by atoms with E-state index in [1.165, 1.54) is 23.9 Å². The maximum atomic E-state index is 12.5. The van der Waals surface area contributed by atoms with E-state index in [2.05, 4.69) is 15.5 Å². The number of nitro groups is 1. The van der Waals surface area contributed by atoms with Crippen LogP contribution in [0.3, 0.4) is 0 Å². The van der Waals surface area contributed by atoms with Gasteiger partial charge in [-0.25, -0.2) is 0 Å². The number of nitrogens with zero attached hydrogens (tertiary/aromatic N) is 4. The Morgan fingerprint density at radius 2 is 1.84 bits per heavy atom. The summed E-state index contributed by atoms with van der Waals surface area (Å²) in [5.74, 6) is 0.220. The van der Waals surface area contributed by atoms with E-state index in [9.17, 15) is 14.9 Å². The van der Waals surface area contributed by atoms with E-state index < -0.39 is 4.92 Å². The Morgan fingerprint density at radius 3 is 2.66 bits per heavy atom. The lowest BCUT2D eigenvalue weighted by molar-refractivity contribution is -0.383. The minimum absolute atomic E-state index is 0.00191. The van der Waals surface area contributed by atoms with Crippen LogP contribution in [0.25, 0.3) is 16.5 Å². The van der Waals surface area contributed by atoms with Crippen LogP contribution in [0.4, 0.5) is 11.4 Å². The van der Waals surface area contributed by atoms with Gasteiger partial charge in [0.25, 0.3) is 5.69 Å². The summed E-state index contributed by atoms with van der Waals surface area (Å²) in [4.78, 5) is 23.2. The average Bonchev–Trinajstić information content (AvgIpc) is 3.20. The second-order valence-corrected chi connectivity index (χ2v) is 7.72. The number of fused-ring (bicyclic) bond motifs is 1. The van der Waals surface area contributed by atoms with Gasteiger partial charge >= 0.3 is 0 Å². The molecule has 0 saturated heterocycles. The van der Waals surface area contributed by atoms with Crippen molar-refractivity contribution in [1.82, 2.24) is 14.8 Å². The number of ether oxygens (including phenoxy) is 1. The number of nitrogens with one attached hydrogen (secondary N) is 1. The van der Waals surface area contributed by atoms with Gasteiger partial charge in [-0.2, -0.15) is 0 Å². The van der Waals surface area contributed by atoms with Crippen LogP contribution in [0.5, 0.6) is 0 Å². The van der Waals surface area contributed by atoms with Crippen LogP contribution >= 0.6 is 11.8 Å². The first-order valence-electron chi connectivity index (χ1n) is 9.66. The summed E-state index contributed by atoms with van der Waals surface area (Å²) in [7, 11) is 1.58. The van der Waals surface area contributed by atoms with Crippen LogP contribution < -0.4 is 5.32 Å². The lowest BCUT2D eigenvalue weighted by Gasteiger charge is -2.13. The van der Waals surface area contributed by atoms with Crippen molar-refractivity contribution in [1.29, 1.82) is 0 Å². The van der Waals surface area contributed by atoms with E-state index in [4.69, 9.17) is 4.74 Å². The van der Waals surface area contributed by atoms with Crippen molar-refractivity contribution >= 4 is 39.8 Å². The molecule has 1 N–H and O–H groups in total. The summed E-state index contributed by atoms with van der Waals surface area (Å²) in [6.45, 7) is 0.249. The molecule has 10 heteroatoms. The molecule has 0 spiro atoms. The smallest absolute Gasteiger partial charge is 0.292 e. The van der Waals surface area contributed by atoms with E-state index in [1.807, 2.05) is 47.0 Å². The molecule has 0 unspecified atom stereocenters. The van der Waals surface area contributed by atoms with E-state index in [0.29, 0.717) is 11.0 Å². The van der Waals surface area contributed by atoms with Crippen molar-refractivity contribution in [3.05, 3.63) is 82.7 Å². The highest BCUT2D eigenvalue weighted by Gasteiger charge is 2.19. The van der Waals surface area contributed by atoms with Crippen LogP contribution in [0, 0.1) is 10.1 Å². The Morgan fingerprint density at radius 1 is 1.09 bits per heavy atom. The molecule has 1 heterocycles. The predicted octanol–water partition coefficient (Wildman–Crippen LogP) is 4.21. The Balaban J connectivity index is 1.60. The average molecular weight is 449 g/mol. The quantitative estimate of drug-likeness (QED) is 0.244. The molecule has 0 fully saturated rings. The number of amides is 1. The molecule has 0 aliphatic heterocycles. The largest absolute Gasteiger partial charge is 0.377 e. The number of aromatic nitrogens is 3. The Kier molecular flexibility index (Phi) is 6.43. The van der Waals surface area contributed by atoms with Crippen LogP contribution in [0.15, 0.2) is 71.9 Å². The summed E-state index contributed by atoms with van der Waals surface area (Å²) in [6, 6.07) is 19.9. The number of hydrogen-bond donors (Lipinski definition) is 1. The van der Waals surface area contributed by atoms with Gasteiger partial charge in [0, 0.05) is 18.6 Å². The molecule has 4 aromatic rings. The van der Waals surface area contributed by atoms with Crippen molar-refractivity contribution in [3.8, 4) is 5.69 Å². The first kappa shape index (κ1) is 21.5. The van der Waals surface area contributed by atoms with Crippen molar-refractivity contribution in [2.45, 2.75) is 11.8 Å².